The Morgan fingerprint density at radius 1 is 1.08 bits per heavy atom. The predicted octanol–water partition coefficient (Wildman–Crippen LogP) is 4.82. The minimum atomic E-state index is -0.446. The van der Waals surface area contributed by atoms with E-state index in [-0.39, 0.29) is 5.91 Å². The first kappa shape index (κ1) is 20.4. The minimum Gasteiger partial charge on any atom is -0.481 e. The molecule has 2 rings (SSSR count). The van der Waals surface area contributed by atoms with Gasteiger partial charge in [0.25, 0.3) is 5.91 Å². The van der Waals surface area contributed by atoms with Gasteiger partial charge in [-0.2, -0.15) is 11.8 Å². The van der Waals surface area contributed by atoms with Crippen LogP contribution in [-0.2, 0) is 10.5 Å². The zero-order valence-electron chi connectivity index (χ0n) is 16.2. The molecule has 1 amide bonds. The minimum absolute atomic E-state index is 0.0396. The summed E-state index contributed by atoms with van der Waals surface area (Å²) in [7, 11) is 0. The molecule has 0 saturated carbocycles. The lowest BCUT2D eigenvalue weighted by Gasteiger charge is -2.18. The van der Waals surface area contributed by atoms with E-state index < -0.39 is 6.10 Å². The standard InChI is InChI=1S/C22H29NO2S/c1-5-21(25-20-11-10-16(2)18(4)14-20)22(24)23-12-13-26-15-19-9-7-6-8-17(19)3/h6-11,14,21H,5,12-13,15H2,1-4H3,(H,23,24). The topological polar surface area (TPSA) is 38.3 Å². The van der Waals surface area contributed by atoms with Gasteiger partial charge >= 0.3 is 0 Å². The molecule has 4 heteroatoms. The molecule has 0 bridgehead atoms. The third-order valence-electron chi connectivity index (χ3n) is 4.48. The van der Waals surface area contributed by atoms with Crippen LogP contribution in [0.1, 0.15) is 35.6 Å². The lowest BCUT2D eigenvalue weighted by molar-refractivity contribution is -0.127. The van der Waals surface area contributed by atoms with E-state index in [1.54, 1.807) is 0 Å². The molecule has 26 heavy (non-hydrogen) atoms. The second-order valence-corrected chi connectivity index (χ2v) is 7.64. The highest BCUT2D eigenvalue weighted by Gasteiger charge is 2.18. The van der Waals surface area contributed by atoms with Gasteiger partial charge in [0.1, 0.15) is 5.75 Å². The van der Waals surface area contributed by atoms with Gasteiger partial charge in [0, 0.05) is 18.1 Å². The van der Waals surface area contributed by atoms with Crippen LogP contribution in [0.25, 0.3) is 0 Å². The summed E-state index contributed by atoms with van der Waals surface area (Å²) in [6, 6.07) is 14.4. The first-order valence-corrected chi connectivity index (χ1v) is 10.3. The molecule has 0 spiro atoms. The number of hydrogen-bond acceptors (Lipinski definition) is 3. The summed E-state index contributed by atoms with van der Waals surface area (Å²) in [5.74, 6) is 2.57. The first-order chi connectivity index (χ1) is 12.5. The number of carbonyl (C=O) groups is 1. The summed E-state index contributed by atoms with van der Waals surface area (Å²) >= 11 is 1.83. The number of rotatable bonds is 9. The molecule has 0 aliphatic rings. The Hall–Kier alpha value is -1.94. The second kappa shape index (κ2) is 10.3. The van der Waals surface area contributed by atoms with Crippen molar-refractivity contribution in [2.45, 2.75) is 46.0 Å². The van der Waals surface area contributed by atoms with E-state index in [4.69, 9.17) is 4.74 Å². The molecule has 0 radical (unpaired) electrons. The molecular formula is C22H29NO2S. The maximum Gasteiger partial charge on any atom is 0.261 e. The fourth-order valence-electron chi connectivity index (χ4n) is 2.59. The molecule has 1 N–H and O–H groups in total. The smallest absolute Gasteiger partial charge is 0.261 e. The van der Waals surface area contributed by atoms with Crippen LogP contribution in [0.2, 0.25) is 0 Å². The van der Waals surface area contributed by atoms with Gasteiger partial charge in [0.15, 0.2) is 6.10 Å². The van der Waals surface area contributed by atoms with E-state index in [1.165, 1.54) is 22.3 Å². The fourth-order valence-corrected chi connectivity index (χ4v) is 3.52. The van der Waals surface area contributed by atoms with Gasteiger partial charge in [0.05, 0.1) is 0 Å². The van der Waals surface area contributed by atoms with Gasteiger partial charge in [-0.1, -0.05) is 37.3 Å². The first-order valence-electron chi connectivity index (χ1n) is 9.15. The molecule has 1 unspecified atom stereocenters. The summed E-state index contributed by atoms with van der Waals surface area (Å²) in [5.41, 5.74) is 5.07. The largest absolute Gasteiger partial charge is 0.481 e. The number of amides is 1. The Balaban J connectivity index is 1.74. The van der Waals surface area contributed by atoms with Gasteiger partial charge in [-0.15, -0.1) is 0 Å². The van der Waals surface area contributed by atoms with Crippen LogP contribution in [0.15, 0.2) is 42.5 Å². The normalized spacial score (nSPS) is 11.8. The number of nitrogens with one attached hydrogen (secondary N) is 1. The van der Waals surface area contributed by atoms with Crippen LogP contribution in [-0.4, -0.2) is 24.3 Å². The van der Waals surface area contributed by atoms with Crippen LogP contribution < -0.4 is 10.1 Å². The fraction of sp³-hybridized carbons (Fsp3) is 0.409. The molecule has 1 atom stereocenters. The maximum atomic E-state index is 12.4. The van der Waals surface area contributed by atoms with Crippen molar-refractivity contribution in [1.82, 2.24) is 5.32 Å². The van der Waals surface area contributed by atoms with Crippen molar-refractivity contribution in [3.8, 4) is 5.75 Å². The highest BCUT2D eigenvalue weighted by molar-refractivity contribution is 7.98. The van der Waals surface area contributed by atoms with E-state index in [1.807, 2.05) is 36.9 Å². The van der Waals surface area contributed by atoms with Gasteiger partial charge < -0.3 is 10.1 Å². The Morgan fingerprint density at radius 3 is 2.54 bits per heavy atom. The SMILES string of the molecule is CCC(Oc1ccc(C)c(C)c1)C(=O)NCCSCc1ccccc1C. The molecule has 3 nitrogen and oxygen atoms in total. The van der Waals surface area contributed by atoms with E-state index in [2.05, 4.69) is 50.4 Å². The van der Waals surface area contributed by atoms with Crippen LogP contribution in [0.4, 0.5) is 0 Å². The van der Waals surface area contributed by atoms with E-state index in [0.29, 0.717) is 13.0 Å². The number of thioether (sulfide) groups is 1. The van der Waals surface area contributed by atoms with E-state index in [0.717, 1.165) is 17.3 Å². The number of hydrogen-bond donors (Lipinski definition) is 1. The average Bonchev–Trinajstić information content (AvgIpc) is 2.63. The highest BCUT2D eigenvalue weighted by atomic mass is 32.2. The van der Waals surface area contributed by atoms with Gasteiger partial charge in [-0.25, -0.2) is 0 Å². The van der Waals surface area contributed by atoms with E-state index in [9.17, 15) is 4.79 Å². The molecular weight excluding hydrogens is 342 g/mol. The molecule has 2 aromatic rings. The van der Waals surface area contributed by atoms with Crippen molar-refractivity contribution in [1.29, 1.82) is 0 Å². The molecule has 140 valence electrons. The molecule has 0 saturated heterocycles. The maximum absolute atomic E-state index is 12.4. The van der Waals surface area contributed by atoms with Crippen molar-refractivity contribution < 1.29 is 9.53 Å². The van der Waals surface area contributed by atoms with Gasteiger partial charge in [-0.3, -0.25) is 4.79 Å². The van der Waals surface area contributed by atoms with Gasteiger partial charge in [-0.05, 0) is 61.6 Å². The number of benzene rings is 2. The Morgan fingerprint density at radius 2 is 1.85 bits per heavy atom. The summed E-state index contributed by atoms with van der Waals surface area (Å²) < 4.78 is 5.88. The second-order valence-electron chi connectivity index (χ2n) is 6.53. The number of aryl methyl sites for hydroxylation is 3. The quantitative estimate of drug-likeness (QED) is 0.642. The summed E-state index contributed by atoms with van der Waals surface area (Å²) in [5, 5.41) is 3.00. The Bertz CT molecular complexity index is 730. The van der Waals surface area contributed by atoms with Crippen LogP contribution in [0.3, 0.4) is 0 Å². The summed E-state index contributed by atoms with van der Waals surface area (Å²) in [6.07, 6.45) is 0.202. The Kier molecular flexibility index (Phi) is 8.05. The number of carbonyl (C=O) groups excluding carboxylic acids is 1. The van der Waals surface area contributed by atoms with E-state index >= 15 is 0 Å². The monoisotopic (exact) mass is 371 g/mol. The molecule has 0 aliphatic heterocycles. The van der Waals surface area contributed by atoms with Crippen molar-refractivity contribution in [3.63, 3.8) is 0 Å². The van der Waals surface area contributed by atoms with Crippen molar-refractivity contribution in [3.05, 3.63) is 64.7 Å². The molecule has 2 aromatic carbocycles. The van der Waals surface area contributed by atoms with Crippen molar-refractivity contribution >= 4 is 17.7 Å². The van der Waals surface area contributed by atoms with Crippen molar-refractivity contribution in [2.75, 3.05) is 12.3 Å². The third kappa shape index (κ3) is 6.10. The third-order valence-corrected chi connectivity index (χ3v) is 5.49. The van der Waals surface area contributed by atoms with Crippen molar-refractivity contribution in [2.24, 2.45) is 0 Å². The Labute approximate surface area is 161 Å². The summed E-state index contributed by atoms with van der Waals surface area (Å²) in [4.78, 5) is 12.4. The molecule has 0 fully saturated rings. The lowest BCUT2D eigenvalue weighted by atomic mass is 10.1. The predicted molar refractivity (Wildman–Crippen MR) is 111 cm³/mol. The van der Waals surface area contributed by atoms with Crippen LogP contribution in [0, 0.1) is 20.8 Å². The molecule has 0 aromatic heterocycles. The van der Waals surface area contributed by atoms with Crippen LogP contribution >= 0.6 is 11.8 Å². The summed E-state index contributed by atoms with van der Waals surface area (Å²) in [6.45, 7) is 8.88. The molecule has 0 aliphatic carbocycles. The number of ether oxygens (including phenoxy) is 1. The zero-order valence-corrected chi connectivity index (χ0v) is 17.0. The zero-order chi connectivity index (χ0) is 18.9. The van der Waals surface area contributed by atoms with Crippen LogP contribution in [0.5, 0.6) is 5.75 Å². The van der Waals surface area contributed by atoms with Gasteiger partial charge in [0.2, 0.25) is 0 Å². The lowest BCUT2D eigenvalue weighted by Crippen LogP contribution is -2.39. The average molecular weight is 372 g/mol. The molecule has 0 heterocycles. The highest BCUT2D eigenvalue weighted by Crippen LogP contribution is 2.19.